The number of aliphatic hydroxyl groups excluding tert-OH is 1. The maximum atomic E-state index is 13.3. The minimum atomic E-state index is -1.34. The molecule has 3 aromatic heterocycles. The standard InChI is InChI=1S/C24H27N5O5S/c1-13(22(33)34)18-19(28-8-5-6-15(30)11-28)26-17-10-14(7-9-29(17)21(18)32)20(31)27-23-25-16(12-35-23)24(2,3)4/h7,9-10,12,15,30H,1,5-6,8,11H2,2-4H3,(H,33,34)(H,25,27,31). The molecule has 184 valence electrons. The third kappa shape index (κ3) is 4.96. The van der Waals surface area contributed by atoms with E-state index >= 15 is 0 Å². The van der Waals surface area contributed by atoms with Gasteiger partial charge >= 0.3 is 5.97 Å². The van der Waals surface area contributed by atoms with Crippen molar-refractivity contribution in [1.82, 2.24) is 14.4 Å². The van der Waals surface area contributed by atoms with Crippen molar-refractivity contribution in [3.8, 4) is 0 Å². The number of aromatic nitrogens is 3. The molecule has 0 radical (unpaired) electrons. The van der Waals surface area contributed by atoms with E-state index in [0.29, 0.717) is 24.5 Å². The van der Waals surface area contributed by atoms with Gasteiger partial charge < -0.3 is 15.1 Å². The first-order chi connectivity index (χ1) is 16.5. The number of carbonyl (C=O) groups excluding carboxylic acids is 1. The number of β-amino-alcohol motifs (C(OH)–C–C–N with tert-alkyl or cyclic N) is 1. The van der Waals surface area contributed by atoms with E-state index in [1.165, 1.54) is 34.1 Å². The molecule has 0 spiro atoms. The van der Waals surface area contributed by atoms with Crippen LogP contribution in [0.15, 0.2) is 35.1 Å². The number of nitrogens with one attached hydrogen (secondary N) is 1. The van der Waals surface area contributed by atoms with E-state index in [9.17, 15) is 24.6 Å². The summed E-state index contributed by atoms with van der Waals surface area (Å²) in [6, 6.07) is 2.92. The second-order valence-corrected chi connectivity index (χ2v) is 10.4. The van der Waals surface area contributed by atoms with Gasteiger partial charge in [-0.2, -0.15) is 0 Å². The molecular formula is C24H27N5O5S. The number of amides is 1. The normalized spacial score (nSPS) is 16.3. The smallest absolute Gasteiger partial charge is 0.336 e. The first-order valence-electron chi connectivity index (χ1n) is 11.1. The number of nitrogens with zero attached hydrogens (tertiary/aromatic N) is 4. The molecule has 0 saturated carbocycles. The highest BCUT2D eigenvalue weighted by molar-refractivity contribution is 7.14. The molecule has 4 rings (SSSR count). The Hall–Kier alpha value is -3.57. The maximum absolute atomic E-state index is 13.3. The summed E-state index contributed by atoms with van der Waals surface area (Å²) < 4.78 is 1.19. The fraction of sp³-hybridized carbons (Fsp3) is 0.375. The van der Waals surface area contributed by atoms with E-state index in [1.54, 1.807) is 4.90 Å². The van der Waals surface area contributed by atoms with Crippen molar-refractivity contribution in [2.24, 2.45) is 0 Å². The van der Waals surface area contributed by atoms with E-state index in [-0.39, 0.29) is 40.1 Å². The Morgan fingerprint density at radius 1 is 1.29 bits per heavy atom. The van der Waals surface area contributed by atoms with E-state index in [2.05, 4.69) is 21.9 Å². The number of rotatable bonds is 5. The number of hydrogen-bond acceptors (Lipinski definition) is 8. The molecule has 1 unspecified atom stereocenters. The quantitative estimate of drug-likeness (QED) is 0.458. The summed E-state index contributed by atoms with van der Waals surface area (Å²) >= 11 is 1.33. The Labute approximate surface area is 205 Å². The number of hydrogen-bond donors (Lipinski definition) is 3. The molecule has 1 aliphatic rings. The molecule has 0 bridgehead atoms. The number of piperidine rings is 1. The second kappa shape index (κ2) is 9.23. The van der Waals surface area contributed by atoms with E-state index in [4.69, 9.17) is 0 Å². The molecule has 0 aromatic carbocycles. The SMILES string of the molecule is C=C(C(=O)O)c1c(N2CCCC(O)C2)nc2cc(C(=O)Nc3nc(C(C)(C)C)cs3)ccn2c1=O. The Balaban J connectivity index is 1.75. The third-order valence-corrected chi connectivity index (χ3v) is 6.58. The lowest BCUT2D eigenvalue weighted by molar-refractivity contribution is -0.130. The summed E-state index contributed by atoms with van der Waals surface area (Å²) in [6.07, 6.45) is 2.03. The zero-order valence-corrected chi connectivity index (χ0v) is 20.6. The molecule has 4 heterocycles. The molecule has 3 aromatic rings. The highest BCUT2D eigenvalue weighted by atomic mass is 32.1. The average molecular weight is 498 g/mol. The zero-order valence-electron chi connectivity index (χ0n) is 19.7. The molecule has 10 nitrogen and oxygen atoms in total. The number of thiazole rings is 1. The molecule has 1 amide bonds. The summed E-state index contributed by atoms with van der Waals surface area (Å²) in [6.45, 7) is 10.4. The van der Waals surface area contributed by atoms with Gasteiger partial charge in [-0.3, -0.25) is 19.3 Å². The van der Waals surface area contributed by atoms with Crippen LogP contribution in [0.1, 0.15) is 55.2 Å². The van der Waals surface area contributed by atoms with Crippen LogP contribution in [0.25, 0.3) is 11.2 Å². The van der Waals surface area contributed by atoms with Crippen LogP contribution < -0.4 is 15.8 Å². The van der Waals surface area contributed by atoms with Crippen molar-refractivity contribution in [3.05, 3.63) is 57.5 Å². The average Bonchev–Trinajstić information content (AvgIpc) is 3.27. The monoisotopic (exact) mass is 497 g/mol. The van der Waals surface area contributed by atoms with Crippen molar-refractivity contribution >= 4 is 45.4 Å². The van der Waals surface area contributed by atoms with Gasteiger partial charge in [0.1, 0.15) is 11.5 Å². The largest absolute Gasteiger partial charge is 0.478 e. The van der Waals surface area contributed by atoms with Gasteiger partial charge in [-0.25, -0.2) is 14.8 Å². The van der Waals surface area contributed by atoms with Gasteiger partial charge in [0.25, 0.3) is 11.5 Å². The number of aliphatic carboxylic acids is 1. The van der Waals surface area contributed by atoms with Gasteiger partial charge in [-0.1, -0.05) is 27.4 Å². The van der Waals surface area contributed by atoms with Crippen LogP contribution in [0, 0.1) is 0 Å². The van der Waals surface area contributed by atoms with Crippen LogP contribution in [0.2, 0.25) is 0 Å². The minimum Gasteiger partial charge on any atom is -0.478 e. The number of pyridine rings is 1. The molecule has 0 aliphatic carbocycles. The predicted octanol–water partition coefficient (Wildman–Crippen LogP) is 2.76. The van der Waals surface area contributed by atoms with Gasteiger partial charge in [-0.05, 0) is 25.0 Å². The van der Waals surface area contributed by atoms with Crippen LogP contribution in [0.3, 0.4) is 0 Å². The van der Waals surface area contributed by atoms with Gasteiger partial charge in [-0.15, -0.1) is 11.3 Å². The van der Waals surface area contributed by atoms with Gasteiger partial charge in [0, 0.05) is 35.6 Å². The Morgan fingerprint density at radius 2 is 2.03 bits per heavy atom. The molecular weight excluding hydrogens is 470 g/mol. The Bertz CT molecular complexity index is 1390. The first-order valence-corrected chi connectivity index (χ1v) is 12.0. The Kier molecular flexibility index (Phi) is 6.48. The number of anilines is 2. The summed E-state index contributed by atoms with van der Waals surface area (Å²) in [7, 11) is 0. The van der Waals surface area contributed by atoms with Gasteiger partial charge in [0.2, 0.25) is 0 Å². The van der Waals surface area contributed by atoms with Crippen molar-refractivity contribution in [2.45, 2.75) is 45.1 Å². The summed E-state index contributed by atoms with van der Waals surface area (Å²) in [5.41, 5.74) is 0.0196. The second-order valence-electron chi connectivity index (χ2n) is 9.53. The van der Waals surface area contributed by atoms with Gasteiger partial charge in [0.15, 0.2) is 5.13 Å². The summed E-state index contributed by atoms with van der Waals surface area (Å²) in [5, 5.41) is 24.8. The molecule has 1 aliphatic heterocycles. The van der Waals surface area contributed by atoms with E-state index in [1.807, 2.05) is 26.2 Å². The highest BCUT2D eigenvalue weighted by Gasteiger charge is 2.27. The predicted molar refractivity (Wildman–Crippen MR) is 134 cm³/mol. The zero-order chi connectivity index (χ0) is 25.5. The van der Waals surface area contributed by atoms with Crippen LogP contribution in [0.4, 0.5) is 10.9 Å². The summed E-state index contributed by atoms with van der Waals surface area (Å²) in [5.74, 6) is -1.62. The first kappa shape index (κ1) is 24.6. The third-order valence-electron chi connectivity index (χ3n) is 5.82. The van der Waals surface area contributed by atoms with Crippen LogP contribution >= 0.6 is 11.3 Å². The lowest BCUT2D eigenvalue weighted by Crippen LogP contribution is -2.40. The lowest BCUT2D eigenvalue weighted by atomic mass is 9.93. The fourth-order valence-electron chi connectivity index (χ4n) is 3.86. The van der Waals surface area contributed by atoms with Crippen molar-refractivity contribution in [3.63, 3.8) is 0 Å². The van der Waals surface area contributed by atoms with E-state index < -0.39 is 23.5 Å². The van der Waals surface area contributed by atoms with E-state index in [0.717, 1.165) is 5.69 Å². The molecule has 3 N–H and O–H groups in total. The molecule has 1 fully saturated rings. The maximum Gasteiger partial charge on any atom is 0.336 e. The number of aliphatic hydroxyl groups is 1. The lowest BCUT2D eigenvalue weighted by Gasteiger charge is -2.32. The minimum absolute atomic E-state index is 0.133. The Morgan fingerprint density at radius 3 is 2.66 bits per heavy atom. The number of carbonyl (C=O) groups is 2. The highest BCUT2D eigenvalue weighted by Crippen LogP contribution is 2.28. The van der Waals surface area contributed by atoms with Crippen LogP contribution in [-0.2, 0) is 10.2 Å². The number of fused-ring (bicyclic) bond motifs is 1. The number of carboxylic acids is 1. The topological polar surface area (TPSA) is 137 Å². The molecule has 1 saturated heterocycles. The summed E-state index contributed by atoms with van der Waals surface area (Å²) in [4.78, 5) is 48.6. The van der Waals surface area contributed by atoms with Crippen molar-refractivity contribution in [1.29, 1.82) is 0 Å². The van der Waals surface area contributed by atoms with Crippen molar-refractivity contribution in [2.75, 3.05) is 23.3 Å². The molecule has 11 heteroatoms. The van der Waals surface area contributed by atoms with Crippen molar-refractivity contribution < 1.29 is 19.8 Å². The molecule has 35 heavy (non-hydrogen) atoms. The van der Waals surface area contributed by atoms with Crippen LogP contribution in [0.5, 0.6) is 0 Å². The van der Waals surface area contributed by atoms with Crippen LogP contribution in [-0.4, -0.2) is 55.7 Å². The molecule has 1 atom stereocenters. The van der Waals surface area contributed by atoms with Gasteiger partial charge in [0.05, 0.1) is 22.9 Å². The number of carboxylic acid groups (broad SMARTS) is 1. The fourth-order valence-corrected chi connectivity index (χ4v) is 4.79.